The van der Waals surface area contributed by atoms with E-state index in [1.165, 1.54) is 0 Å². The number of rotatable bonds is 2. The van der Waals surface area contributed by atoms with Crippen LogP contribution in [0.4, 0.5) is 0 Å². The number of benzene rings is 1. The van der Waals surface area contributed by atoms with Gasteiger partial charge in [0.25, 0.3) is 0 Å². The van der Waals surface area contributed by atoms with Gasteiger partial charge < -0.3 is 9.84 Å². The Balaban J connectivity index is 2.34. The molecule has 3 nitrogen and oxygen atoms in total. The Kier molecular flexibility index (Phi) is 1.72. The third-order valence-electron chi connectivity index (χ3n) is 2.45. The van der Waals surface area contributed by atoms with Crippen LogP contribution >= 0.6 is 0 Å². The lowest BCUT2D eigenvalue weighted by molar-refractivity contribution is -0.139. The lowest BCUT2D eigenvalue weighted by Crippen LogP contribution is -2.24. The molecule has 0 spiro atoms. The van der Waals surface area contributed by atoms with E-state index in [1.807, 2.05) is 12.1 Å². The van der Waals surface area contributed by atoms with E-state index in [1.54, 1.807) is 13.2 Å². The van der Waals surface area contributed by atoms with Gasteiger partial charge >= 0.3 is 5.97 Å². The Bertz CT molecular complexity index is 357. The quantitative estimate of drug-likeness (QED) is 0.745. The second kappa shape index (κ2) is 2.76. The SMILES string of the molecule is COc1ccc2c(c1)C(C(=O)O)C2. The van der Waals surface area contributed by atoms with Crippen LogP contribution in [0, 0.1) is 0 Å². The van der Waals surface area contributed by atoms with Crippen molar-refractivity contribution >= 4 is 5.97 Å². The van der Waals surface area contributed by atoms with Crippen molar-refractivity contribution in [1.29, 1.82) is 0 Å². The number of aliphatic carboxylic acids is 1. The number of methoxy groups -OCH3 is 1. The number of hydrogen-bond donors (Lipinski definition) is 1. The van der Waals surface area contributed by atoms with Gasteiger partial charge in [0.1, 0.15) is 5.75 Å². The summed E-state index contributed by atoms with van der Waals surface area (Å²) < 4.78 is 5.02. The monoisotopic (exact) mass is 178 g/mol. The predicted octanol–water partition coefficient (Wildman–Crippen LogP) is 1.42. The Labute approximate surface area is 76.0 Å². The van der Waals surface area contributed by atoms with Gasteiger partial charge in [-0.05, 0) is 29.7 Å². The zero-order chi connectivity index (χ0) is 9.42. The third-order valence-corrected chi connectivity index (χ3v) is 2.45. The minimum absolute atomic E-state index is 0.329. The Morgan fingerprint density at radius 2 is 2.38 bits per heavy atom. The van der Waals surface area contributed by atoms with E-state index < -0.39 is 5.97 Å². The Hall–Kier alpha value is -1.51. The second-order valence-electron chi connectivity index (χ2n) is 3.16. The number of fused-ring (bicyclic) bond motifs is 1. The van der Waals surface area contributed by atoms with Crippen LogP contribution in [0.1, 0.15) is 17.0 Å². The zero-order valence-electron chi connectivity index (χ0n) is 7.28. The van der Waals surface area contributed by atoms with Crippen molar-refractivity contribution in [2.45, 2.75) is 12.3 Å². The van der Waals surface area contributed by atoms with Crippen molar-refractivity contribution in [3.05, 3.63) is 29.3 Å². The summed E-state index contributed by atoms with van der Waals surface area (Å²) in [5.74, 6) is -0.351. The highest BCUT2D eigenvalue weighted by Crippen LogP contribution is 2.37. The first-order valence-corrected chi connectivity index (χ1v) is 4.12. The van der Waals surface area contributed by atoms with Crippen LogP contribution in [0.2, 0.25) is 0 Å². The molecule has 13 heavy (non-hydrogen) atoms. The van der Waals surface area contributed by atoms with E-state index >= 15 is 0 Å². The third kappa shape index (κ3) is 1.16. The van der Waals surface area contributed by atoms with E-state index in [4.69, 9.17) is 9.84 Å². The van der Waals surface area contributed by atoms with Crippen LogP contribution in [0.5, 0.6) is 5.75 Å². The van der Waals surface area contributed by atoms with E-state index in [-0.39, 0.29) is 5.92 Å². The number of carboxylic acids is 1. The fraction of sp³-hybridized carbons (Fsp3) is 0.300. The molecule has 0 aliphatic heterocycles. The predicted molar refractivity (Wildman–Crippen MR) is 47.1 cm³/mol. The number of hydrogen-bond acceptors (Lipinski definition) is 2. The average Bonchev–Trinajstić information content (AvgIpc) is 2.06. The number of carbonyl (C=O) groups is 1. The molecule has 1 aromatic carbocycles. The molecule has 1 unspecified atom stereocenters. The summed E-state index contributed by atoms with van der Waals surface area (Å²) >= 11 is 0. The van der Waals surface area contributed by atoms with Gasteiger partial charge in [-0.2, -0.15) is 0 Å². The summed E-state index contributed by atoms with van der Waals surface area (Å²) in [7, 11) is 1.58. The first-order chi connectivity index (χ1) is 6.22. The zero-order valence-corrected chi connectivity index (χ0v) is 7.28. The smallest absolute Gasteiger partial charge is 0.311 e. The standard InChI is InChI=1S/C10H10O3/c1-13-7-3-2-6-4-9(10(11)12)8(6)5-7/h2-3,5,9H,4H2,1H3,(H,11,12). The molecule has 0 bridgehead atoms. The molecule has 0 amide bonds. The fourth-order valence-corrected chi connectivity index (χ4v) is 1.63. The average molecular weight is 178 g/mol. The largest absolute Gasteiger partial charge is 0.497 e. The van der Waals surface area contributed by atoms with Gasteiger partial charge in [0.05, 0.1) is 13.0 Å². The molecule has 1 aromatic rings. The normalized spacial score (nSPS) is 18.7. The van der Waals surface area contributed by atoms with Crippen LogP contribution in [0.25, 0.3) is 0 Å². The molecule has 1 aliphatic rings. The van der Waals surface area contributed by atoms with Gasteiger partial charge in [0.15, 0.2) is 0 Å². The van der Waals surface area contributed by atoms with Crippen molar-refractivity contribution in [3.8, 4) is 5.75 Å². The van der Waals surface area contributed by atoms with Crippen LogP contribution in [0.3, 0.4) is 0 Å². The van der Waals surface area contributed by atoms with E-state index in [0.717, 1.165) is 16.9 Å². The lowest BCUT2D eigenvalue weighted by atomic mass is 9.77. The van der Waals surface area contributed by atoms with Gasteiger partial charge in [-0.15, -0.1) is 0 Å². The van der Waals surface area contributed by atoms with E-state index in [2.05, 4.69) is 0 Å². The highest BCUT2D eigenvalue weighted by Gasteiger charge is 2.32. The van der Waals surface area contributed by atoms with Crippen LogP contribution in [0.15, 0.2) is 18.2 Å². The van der Waals surface area contributed by atoms with E-state index in [0.29, 0.717) is 6.42 Å². The van der Waals surface area contributed by atoms with Crippen molar-refractivity contribution in [1.82, 2.24) is 0 Å². The molecule has 1 atom stereocenters. The molecular weight excluding hydrogens is 168 g/mol. The molecule has 68 valence electrons. The van der Waals surface area contributed by atoms with Gasteiger partial charge in [-0.1, -0.05) is 6.07 Å². The number of carboxylic acid groups (broad SMARTS) is 1. The molecule has 0 aromatic heterocycles. The molecule has 0 saturated heterocycles. The molecule has 0 heterocycles. The van der Waals surface area contributed by atoms with Crippen molar-refractivity contribution in [2.24, 2.45) is 0 Å². The maximum absolute atomic E-state index is 10.7. The second-order valence-corrected chi connectivity index (χ2v) is 3.16. The van der Waals surface area contributed by atoms with Crippen molar-refractivity contribution < 1.29 is 14.6 Å². The molecule has 0 fully saturated rings. The van der Waals surface area contributed by atoms with Crippen LogP contribution < -0.4 is 4.74 Å². The van der Waals surface area contributed by atoms with Crippen LogP contribution in [-0.4, -0.2) is 18.2 Å². The summed E-state index contributed by atoms with van der Waals surface area (Å²) in [5.41, 5.74) is 2.01. The summed E-state index contributed by atoms with van der Waals surface area (Å²) in [5, 5.41) is 8.80. The maximum atomic E-state index is 10.7. The molecule has 1 aliphatic carbocycles. The minimum Gasteiger partial charge on any atom is -0.497 e. The molecular formula is C10H10O3. The molecule has 1 N–H and O–H groups in total. The lowest BCUT2D eigenvalue weighted by Gasteiger charge is -2.26. The van der Waals surface area contributed by atoms with Crippen molar-refractivity contribution in [2.75, 3.05) is 7.11 Å². The Morgan fingerprint density at radius 1 is 1.62 bits per heavy atom. The van der Waals surface area contributed by atoms with Crippen LogP contribution in [-0.2, 0) is 11.2 Å². The maximum Gasteiger partial charge on any atom is 0.311 e. The first-order valence-electron chi connectivity index (χ1n) is 4.12. The highest BCUT2D eigenvalue weighted by molar-refractivity contribution is 5.80. The van der Waals surface area contributed by atoms with Gasteiger partial charge in [0.2, 0.25) is 0 Å². The van der Waals surface area contributed by atoms with Gasteiger partial charge in [0, 0.05) is 0 Å². The minimum atomic E-state index is -0.749. The molecule has 2 rings (SSSR count). The molecule has 3 heteroatoms. The van der Waals surface area contributed by atoms with E-state index in [9.17, 15) is 4.79 Å². The topological polar surface area (TPSA) is 46.5 Å². The summed E-state index contributed by atoms with van der Waals surface area (Å²) in [6.07, 6.45) is 0.647. The van der Waals surface area contributed by atoms with Gasteiger partial charge in [-0.3, -0.25) is 4.79 Å². The first kappa shape index (κ1) is 8.10. The Morgan fingerprint density at radius 3 is 3.00 bits per heavy atom. The molecule has 0 saturated carbocycles. The molecule has 0 radical (unpaired) electrons. The highest BCUT2D eigenvalue weighted by atomic mass is 16.5. The summed E-state index contributed by atoms with van der Waals surface area (Å²) in [6.45, 7) is 0. The summed E-state index contributed by atoms with van der Waals surface area (Å²) in [6, 6.07) is 5.59. The fourth-order valence-electron chi connectivity index (χ4n) is 1.63. The number of ether oxygens (including phenoxy) is 1. The van der Waals surface area contributed by atoms with Crippen molar-refractivity contribution in [3.63, 3.8) is 0 Å². The van der Waals surface area contributed by atoms with Gasteiger partial charge in [-0.25, -0.2) is 0 Å². The summed E-state index contributed by atoms with van der Waals surface area (Å²) in [4.78, 5) is 10.7.